The Morgan fingerprint density at radius 1 is 1.25 bits per heavy atom. The van der Waals surface area contributed by atoms with Crippen molar-refractivity contribution in [2.75, 3.05) is 0 Å². The maximum Gasteiger partial charge on any atom is 0.437 e. The summed E-state index contributed by atoms with van der Waals surface area (Å²) in [5.74, 6) is -1.15. The molecule has 0 aliphatic carbocycles. The van der Waals surface area contributed by atoms with Crippen LogP contribution in [0, 0.1) is 5.82 Å². The van der Waals surface area contributed by atoms with Gasteiger partial charge in [0.1, 0.15) is 12.4 Å². The molecule has 0 spiro atoms. The van der Waals surface area contributed by atoms with Gasteiger partial charge in [-0.1, -0.05) is 0 Å². The van der Waals surface area contributed by atoms with E-state index in [2.05, 4.69) is 5.10 Å². The fourth-order valence-electron chi connectivity index (χ4n) is 3.24. The lowest BCUT2D eigenvalue weighted by molar-refractivity contribution is -0.138. The van der Waals surface area contributed by atoms with E-state index in [0.29, 0.717) is 5.56 Å². The summed E-state index contributed by atoms with van der Waals surface area (Å²) in [5.41, 5.74) is 0.486. The molecule has 0 radical (unpaired) electrons. The van der Waals surface area contributed by atoms with Gasteiger partial charge in [-0.05, 0) is 57.4 Å². The number of hydrogen-bond acceptors (Lipinski definition) is 4. The summed E-state index contributed by atoms with van der Waals surface area (Å²) < 4.78 is 19.1. The van der Waals surface area contributed by atoms with Gasteiger partial charge in [0.25, 0.3) is 0 Å². The van der Waals surface area contributed by atoms with Crippen LogP contribution in [-0.4, -0.2) is 32.7 Å². The number of rotatable bonds is 3. The van der Waals surface area contributed by atoms with Crippen molar-refractivity contribution in [3.63, 3.8) is 0 Å². The molecule has 2 atom stereocenters. The topological polar surface area (TPSA) is 68.3 Å². The zero-order chi connectivity index (χ0) is 17.3. The van der Waals surface area contributed by atoms with Crippen molar-refractivity contribution in [3.05, 3.63) is 40.6 Å². The molecule has 0 saturated carbocycles. The number of amides is 1. The molecule has 1 aromatic carbocycles. The first-order chi connectivity index (χ1) is 11.5. The lowest BCUT2D eigenvalue weighted by atomic mass is 9.97. The molecular formula is C17H20FN3O3. The predicted molar refractivity (Wildman–Crippen MR) is 85.8 cm³/mol. The molecule has 0 bridgehead atoms. The smallest absolute Gasteiger partial charge is 0.388 e. The Labute approximate surface area is 138 Å². The highest BCUT2D eigenvalue weighted by Gasteiger charge is 2.29. The van der Waals surface area contributed by atoms with Crippen LogP contribution in [-0.2, 0) is 11.3 Å². The summed E-state index contributed by atoms with van der Waals surface area (Å²) in [4.78, 5) is 26.3. The predicted octanol–water partition coefficient (Wildman–Crippen LogP) is 2.43. The monoisotopic (exact) mass is 333 g/mol. The van der Waals surface area contributed by atoms with Gasteiger partial charge in [0.05, 0.1) is 0 Å². The van der Waals surface area contributed by atoms with Crippen LogP contribution < -0.4 is 5.76 Å². The summed E-state index contributed by atoms with van der Waals surface area (Å²) in [7, 11) is 0. The molecule has 1 amide bonds. The van der Waals surface area contributed by atoms with Crippen LogP contribution in [0.2, 0.25) is 0 Å². The average molecular weight is 333 g/mol. The first-order valence-corrected chi connectivity index (χ1v) is 8.11. The normalized spacial score (nSPS) is 21.0. The number of halogens is 1. The molecule has 1 saturated heterocycles. The second kappa shape index (κ2) is 6.59. The summed E-state index contributed by atoms with van der Waals surface area (Å²) in [5, 5.41) is 4.06. The minimum atomic E-state index is -0.694. The van der Waals surface area contributed by atoms with E-state index in [1.54, 1.807) is 0 Å². The second-order valence-electron chi connectivity index (χ2n) is 6.27. The number of hydrogen-bond donors (Lipinski definition) is 0. The van der Waals surface area contributed by atoms with Gasteiger partial charge >= 0.3 is 5.76 Å². The number of nitrogens with zero attached hydrogens (tertiary/aromatic N) is 3. The van der Waals surface area contributed by atoms with Gasteiger partial charge in [-0.3, -0.25) is 4.79 Å². The number of piperidine rings is 1. The number of benzene rings is 1. The summed E-state index contributed by atoms with van der Waals surface area (Å²) in [6, 6.07) is 5.77. The third-order valence-corrected chi connectivity index (χ3v) is 4.46. The minimum absolute atomic E-state index is 0.0764. The van der Waals surface area contributed by atoms with Crippen LogP contribution in [0.15, 0.2) is 33.5 Å². The molecule has 1 aliphatic heterocycles. The molecule has 7 heteroatoms. The second-order valence-corrected chi connectivity index (χ2v) is 6.27. The van der Waals surface area contributed by atoms with Crippen LogP contribution in [0.4, 0.5) is 4.39 Å². The maximum absolute atomic E-state index is 13.0. The molecule has 2 heterocycles. The van der Waals surface area contributed by atoms with Crippen molar-refractivity contribution in [1.29, 1.82) is 0 Å². The molecule has 0 N–H and O–H groups in total. The fraction of sp³-hybridized carbons (Fsp3) is 0.471. The molecule has 3 rings (SSSR count). The van der Waals surface area contributed by atoms with E-state index in [0.717, 1.165) is 23.9 Å². The van der Waals surface area contributed by atoms with Gasteiger partial charge in [-0.25, -0.2) is 9.18 Å². The quantitative estimate of drug-likeness (QED) is 0.865. The molecule has 0 unspecified atom stereocenters. The molecule has 2 aromatic rings. The van der Waals surface area contributed by atoms with E-state index in [1.807, 2.05) is 18.7 Å². The van der Waals surface area contributed by atoms with E-state index in [-0.39, 0.29) is 36.2 Å². The molecule has 1 fully saturated rings. The van der Waals surface area contributed by atoms with Crippen molar-refractivity contribution in [2.24, 2.45) is 0 Å². The van der Waals surface area contributed by atoms with Gasteiger partial charge in [0, 0.05) is 17.6 Å². The first-order valence-electron chi connectivity index (χ1n) is 8.11. The third-order valence-electron chi connectivity index (χ3n) is 4.46. The van der Waals surface area contributed by atoms with Gasteiger partial charge in [0.15, 0.2) is 0 Å². The Morgan fingerprint density at radius 2 is 1.88 bits per heavy atom. The highest BCUT2D eigenvalue weighted by molar-refractivity contribution is 5.76. The van der Waals surface area contributed by atoms with Crippen LogP contribution in [0.25, 0.3) is 11.5 Å². The minimum Gasteiger partial charge on any atom is -0.388 e. The highest BCUT2D eigenvalue weighted by atomic mass is 19.1. The maximum atomic E-state index is 13.0. The van der Waals surface area contributed by atoms with Gasteiger partial charge in [-0.15, -0.1) is 5.10 Å². The zero-order valence-corrected chi connectivity index (χ0v) is 13.7. The molecule has 6 nitrogen and oxygen atoms in total. The lowest BCUT2D eigenvalue weighted by Crippen LogP contribution is -2.49. The van der Waals surface area contributed by atoms with E-state index < -0.39 is 5.76 Å². The SMILES string of the molecule is C[C@H]1CCC[C@H](C)N1C(=O)Cn1nc(-c2ccc(F)cc2)oc1=O. The molecule has 1 aromatic heterocycles. The lowest BCUT2D eigenvalue weighted by Gasteiger charge is -2.38. The summed E-state index contributed by atoms with van der Waals surface area (Å²) >= 11 is 0. The largest absolute Gasteiger partial charge is 0.437 e. The zero-order valence-electron chi connectivity index (χ0n) is 13.7. The Kier molecular flexibility index (Phi) is 4.51. The van der Waals surface area contributed by atoms with Crippen LogP contribution >= 0.6 is 0 Å². The highest BCUT2D eigenvalue weighted by Crippen LogP contribution is 2.23. The van der Waals surface area contributed by atoms with Crippen molar-refractivity contribution in [3.8, 4) is 11.5 Å². The van der Waals surface area contributed by atoms with Crippen molar-refractivity contribution < 1.29 is 13.6 Å². The van der Waals surface area contributed by atoms with E-state index in [9.17, 15) is 14.0 Å². The number of aromatic nitrogens is 2. The number of carbonyl (C=O) groups is 1. The van der Waals surface area contributed by atoms with Gasteiger partial charge < -0.3 is 9.32 Å². The molecule has 24 heavy (non-hydrogen) atoms. The third kappa shape index (κ3) is 3.25. The average Bonchev–Trinajstić information content (AvgIpc) is 2.89. The van der Waals surface area contributed by atoms with Gasteiger partial charge in [-0.2, -0.15) is 4.68 Å². The Morgan fingerprint density at radius 3 is 2.50 bits per heavy atom. The Balaban J connectivity index is 1.79. The number of likely N-dealkylation sites (tertiary alicyclic amines) is 1. The number of carbonyl (C=O) groups excluding carboxylic acids is 1. The van der Waals surface area contributed by atoms with Crippen molar-refractivity contribution >= 4 is 5.91 Å². The van der Waals surface area contributed by atoms with E-state index in [4.69, 9.17) is 4.42 Å². The molecule has 128 valence electrons. The fourth-order valence-corrected chi connectivity index (χ4v) is 3.24. The van der Waals surface area contributed by atoms with Crippen LogP contribution in [0.1, 0.15) is 33.1 Å². The van der Waals surface area contributed by atoms with Crippen molar-refractivity contribution in [1.82, 2.24) is 14.7 Å². The summed E-state index contributed by atoms with van der Waals surface area (Å²) in [6.45, 7) is 3.88. The summed E-state index contributed by atoms with van der Waals surface area (Å²) in [6.07, 6.45) is 3.03. The van der Waals surface area contributed by atoms with Gasteiger partial charge in [0.2, 0.25) is 11.8 Å². The molecular weight excluding hydrogens is 313 g/mol. The standard InChI is InChI=1S/C17H20FN3O3/c1-11-4-3-5-12(2)21(11)15(22)10-20-17(23)24-16(19-20)13-6-8-14(18)9-7-13/h6-9,11-12H,3-5,10H2,1-2H3/t11-,12-/m0/s1. The van der Waals surface area contributed by atoms with E-state index >= 15 is 0 Å². The van der Waals surface area contributed by atoms with Crippen molar-refractivity contribution in [2.45, 2.75) is 51.7 Å². The van der Waals surface area contributed by atoms with Crippen LogP contribution in [0.3, 0.4) is 0 Å². The van der Waals surface area contributed by atoms with E-state index in [1.165, 1.54) is 24.3 Å². The first kappa shape index (κ1) is 16.4. The Bertz CT molecular complexity index is 771. The Hall–Kier alpha value is -2.44. The molecule has 1 aliphatic rings. The van der Waals surface area contributed by atoms with Crippen LogP contribution in [0.5, 0.6) is 0 Å².